The number of aromatic nitrogens is 1. The number of aryl methyl sites for hydroxylation is 1. The molecule has 0 atom stereocenters. The summed E-state index contributed by atoms with van der Waals surface area (Å²) in [7, 11) is -2.95. The smallest absolute Gasteiger partial charge is 0.221 e. The van der Waals surface area contributed by atoms with E-state index in [-0.39, 0.29) is 18.1 Å². The van der Waals surface area contributed by atoms with Crippen LogP contribution in [0.3, 0.4) is 0 Å². The van der Waals surface area contributed by atoms with Gasteiger partial charge in [0.1, 0.15) is 9.84 Å². The third-order valence-electron chi connectivity index (χ3n) is 3.15. The first-order chi connectivity index (χ1) is 9.37. The Hall–Kier alpha value is -1.82. The molecule has 0 aliphatic heterocycles. The van der Waals surface area contributed by atoms with Crippen LogP contribution in [-0.2, 0) is 27.6 Å². The maximum atomic E-state index is 11.2. The molecule has 2 N–H and O–H groups in total. The number of amides is 1. The Kier molecular flexibility index (Phi) is 4.13. The number of primary amides is 1. The van der Waals surface area contributed by atoms with Gasteiger partial charge >= 0.3 is 0 Å². The summed E-state index contributed by atoms with van der Waals surface area (Å²) in [4.78, 5) is 11.1. The van der Waals surface area contributed by atoms with Crippen LogP contribution in [-0.4, -0.2) is 30.9 Å². The predicted octanol–water partition coefficient (Wildman–Crippen LogP) is 1.10. The fraction of sp³-hybridized carbons (Fsp3) is 0.357. The van der Waals surface area contributed by atoms with Gasteiger partial charge in [-0.2, -0.15) is 0 Å². The Labute approximate surface area is 118 Å². The summed E-state index contributed by atoms with van der Waals surface area (Å²) < 4.78 is 24.3. The van der Waals surface area contributed by atoms with Gasteiger partial charge in [-0.3, -0.25) is 4.79 Å². The highest BCUT2D eigenvalue weighted by Gasteiger charge is 2.10. The van der Waals surface area contributed by atoms with Gasteiger partial charge in [-0.1, -0.05) is 18.2 Å². The zero-order chi connectivity index (χ0) is 14.8. The molecule has 0 fully saturated rings. The molecule has 2 aromatic rings. The van der Waals surface area contributed by atoms with E-state index in [0.29, 0.717) is 13.0 Å². The Balaban J connectivity index is 2.27. The lowest BCUT2D eigenvalue weighted by molar-refractivity contribution is -0.117. The number of carbonyl (C=O) groups excluding carboxylic acids is 1. The first-order valence-corrected chi connectivity index (χ1v) is 8.45. The molecule has 0 saturated heterocycles. The molecule has 1 aromatic heterocycles. The van der Waals surface area contributed by atoms with Gasteiger partial charge in [-0.25, -0.2) is 8.42 Å². The van der Waals surface area contributed by atoms with E-state index in [9.17, 15) is 13.2 Å². The molecule has 0 unspecified atom stereocenters. The normalized spacial score (nSPS) is 11.8. The van der Waals surface area contributed by atoms with Crippen LogP contribution >= 0.6 is 0 Å². The van der Waals surface area contributed by atoms with Crippen LogP contribution in [0.5, 0.6) is 0 Å². The Bertz CT molecular complexity index is 732. The number of sulfone groups is 1. The monoisotopic (exact) mass is 294 g/mol. The van der Waals surface area contributed by atoms with Crippen molar-refractivity contribution in [2.75, 3.05) is 12.0 Å². The highest BCUT2D eigenvalue weighted by molar-refractivity contribution is 7.90. The maximum absolute atomic E-state index is 11.2. The molecule has 6 heteroatoms. The standard InChI is InChI=1S/C14H18N2O3S/c1-20(18,19)8-4-7-16-10-11(9-14(15)17)12-5-2-3-6-13(12)16/h2-3,5-6,10H,4,7-9H2,1H3,(H2,15,17). The van der Waals surface area contributed by atoms with Crippen molar-refractivity contribution < 1.29 is 13.2 Å². The number of para-hydroxylation sites is 1. The molecule has 0 bridgehead atoms. The molecule has 1 amide bonds. The first kappa shape index (κ1) is 14.6. The van der Waals surface area contributed by atoms with Crippen molar-refractivity contribution in [3.8, 4) is 0 Å². The highest BCUT2D eigenvalue weighted by Crippen LogP contribution is 2.22. The van der Waals surface area contributed by atoms with E-state index in [2.05, 4.69) is 0 Å². The van der Waals surface area contributed by atoms with Gasteiger partial charge in [-0.05, 0) is 18.1 Å². The van der Waals surface area contributed by atoms with E-state index in [1.54, 1.807) is 0 Å². The second-order valence-electron chi connectivity index (χ2n) is 4.99. The molecule has 2 rings (SSSR count). The minimum absolute atomic E-state index is 0.157. The van der Waals surface area contributed by atoms with Gasteiger partial charge in [0.25, 0.3) is 0 Å². The fourth-order valence-electron chi connectivity index (χ4n) is 2.33. The number of fused-ring (bicyclic) bond motifs is 1. The second-order valence-corrected chi connectivity index (χ2v) is 7.25. The topological polar surface area (TPSA) is 82.2 Å². The molecular formula is C14H18N2O3S. The van der Waals surface area contributed by atoms with E-state index < -0.39 is 9.84 Å². The van der Waals surface area contributed by atoms with Crippen molar-refractivity contribution >= 4 is 26.6 Å². The number of nitrogens with zero attached hydrogens (tertiary/aromatic N) is 1. The molecule has 5 nitrogen and oxygen atoms in total. The van der Waals surface area contributed by atoms with Gasteiger partial charge in [0.2, 0.25) is 5.91 Å². The quantitative estimate of drug-likeness (QED) is 0.866. The van der Waals surface area contributed by atoms with Crippen LogP contribution < -0.4 is 5.73 Å². The Morgan fingerprint density at radius 3 is 2.65 bits per heavy atom. The number of carbonyl (C=O) groups is 1. The van der Waals surface area contributed by atoms with Crippen molar-refractivity contribution in [3.63, 3.8) is 0 Å². The van der Waals surface area contributed by atoms with Gasteiger partial charge < -0.3 is 10.3 Å². The van der Waals surface area contributed by atoms with Crippen LogP contribution in [0.4, 0.5) is 0 Å². The maximum Gasteiger partial charge on any atom is 0.221 e. The van der Waals surface area contributed by atoms with Crippen molar-refractivity contribution in [2.45, 2.75) is 19.4 Å². The average molecular weight is 294 g/mol. The molecule has 1 aromatic carbocycles. The van der Waals surface area contributed by atoms with Gasteiger partial charge in [0.05, 0.1) is 12.2 Å². The third kappa shape index (κ3) is 3.60. The van der Waals surface area contributed by atoms with E-state index in [0.717, 1.165) is 16.5 Å². The number of hydrogen-bond donors (Lipinski definition) is 1. The zero-order valence-electron chi connectivity index (χ0n) is 11.4. The molecule has 0 aliphatic carbocycles. The number of benzene rings is 1. The molecule has 108 valence electrons. The zero-order valence-corrected chi connectivity index (χ0v) is 12.2. The lowest BCUT2D eigenvalue weighted by Gasteiger charge is -2.04. The summed E-state index contributed by atoms with van der Waals surface area (Å²) in [5.74, 6) is -0.214. The first-order valence-electron chi connectivity index (χ1n) is 6.39. The SMILES string of the molecule is CS(=O)(=O)CCCn1cc(CC(N)=O)c2ccccc21. The van der Waals surface area contributed by atoms with Gasteiger partial charge in [-0.15, -0.1) is 0 Å². The lowest BCUT2D eigenvalue weighted by Crippen LogP contribution is -2.13. The molecule has 0 saturated carbocycles. The summed E-state index contributed by atoms with van der Waals surface area (Å²) in [6.45, 7) is 0.604. The summed E-state index contributed by atoms with van der Waals surface area (Å²) in [5, 5.41) is 0.991. The van der Waals surface area contributed by atoms with Crippen molar-refractivity contribution in [1.82, 2.24) is 4.57 Å². The lowest BCUT2D eigenvalue weighted by atomic mass is 10.1. The summed E-state index contributed by atoms with van der Waals surface area (Å²) in [5.41, 5.74) is 7.13. The Morgan fingerprint density at radius 1 is 1.30 bits per heavy atom. The molecule has 20 heavy (non-hydrogen) atoms. The number of nitrogens with two attached hydrogens (primary N) is 1. The molecule has 0 spiro atoms. The van der Waals surface area contributed by atoms with Crippen LogP contribution in [0, 0.1) is 0 Å². The number of hydrogen-bond acceptors (Lipinski definition) is 3. The third-order valence-corrected chi connectivity index (χ3v) is 4.18. The Morgan fingerprint density at radius 2 is 2.00 bits per heavy atom. The largest absolute Gasteiger partial charge is 0.369 e. The van der Waals surface area contributed by atoms with Gasteiger partial charge in [0, 0.05) is 29.9 Å². The van der Waals surface area contributed by atoms with Crippen LogP contribution in [0.1, 0.15) is 12.0 Å². The van der Waals surface area contributed by atoms with Crippen molar-refractivity contribution in [3.05, 3.63) is 36.0 Å². The minimum atomic E-state index is -2.95. The van der Waals surface area contributed by atoms with E-state index in [1.165, 1.54) is 6.26 Å². The predicted molar refractivity (Wildman–Crippen MR) is 79.2 cm³/mol. The van der Waals surface area contributed by atoms with E-state index in [4.69, 9.17) is 5.73 Å². The second kappa shape index (κ2) is 5.66. The van der Waals surface area contributed by atoms with E-state index >= 15 is 0 Å². The van der Waals surface area contributed by atoms with Gasteiger partial charge in [0.15, 0.2) is 0 Å². The van der Waals surface area contributed by atoms with Crippen LogP contribution in [0.15, 0.2) is 30.5 Å². The van der Waals surface area contributed by atoms with E-state index in [1.807, 2.05) is 35.0 Å². The van der Waals surface area contributed by atoms with Crippen LogP contribution in [0.25, 0.3) is 10.9 Å². The summed E-state index contributed by atoms with van der Waals surface area (Å²) in [6, 6.07) is 7.73. The molecular weight excluding hydrogens is 276 g/mol. The fourth-order valence-corrected chi connectivity index (χ4v) is 2.99. The summed E-state index contributed by atoms with van der Waals surface area (Å²) in [6.07, 6.45) is 3.87. The molecule has 0 aliphatic rings. The highest BCUT2D eigenvalue weighted by atomic mass is 32.2. The minimum Gasteiger partial charge on any atom is -0.369 e. The summed E-state index contributed by atoms with van der Waals surface area (Å²) >= 11 is 0. The number of rotatable bonds is 6. The molecule has 0 radical (unpaired) electrons. The van der Waals surface area contributed by atoms with Crippen molar-refractivity contribution in [2.24, 2.45) is 5.73 Å². The van der Waals surface area contributed by atoms with Crippen molar-refractivity contribution in [1.29, 1.82) is 0 Å². The molecule has 1 heterocycles. The van der Waals surface area contributed by atoms with Crippen LogP contribution in [0.2, 0.25) is 0 Å². The average Bonchev–Trinajstić information content (AvgIpc) is 2.66.